The number of amides is 1. The largest absolute Gasteiger partial charge is 0.496 e. The summed E-state index contributed by atoms with van der Waals surface area (Å²) in [6.45, 7) is 3.72. The number of hydrogen-bond donors (Lipinski definition) is 2. The SMILES string of the molecule is COc1c(/C(C)=C/C(=O)Nc2cccc(S(N)(=O)=O)c2)cc2c(-c3ccccc3)coc2c1C. The van der Waals surface area contributed by atoms with Crippen LogP contribution < -0.4 is 15.2 Å². The van der Waals surface area contributed by atoms with Gasteiger partial charge in [-0.05, 0) is 49.2 Å². The van der Waals surface area contributed by atoms with Crippen molar-refractivity contribution in [3.8, 4) is 16.9 Å². The van der Waals surface area contributed by atoms with Crippen LogP contribution in [0.1, 0.15) is 18.1 Å². The Bertz CT molecular complexity index is 1520. The maximum absolute atomic E-state index is 12.7. The van der Waals surface area contributed by atoms with Gasteiger partial charge in [0.25, 0.3) is 0 Å². The van der Waals surface area contributed by atoms with Crippen molar-refractivity contribution in [1.82, 2.24) is 0 Å². The van der Waals surface area contributed by atoms with Gasteiger partial charge >= 0.3 is 0 Å². The Hall–Kier alpha value is -3.88. The van der Waals surface area contributed by atoms with Crippen molar-refractivity contribution >= 4 is 38.2 Å². The van der Waals surface area contributed by atoms with Crippen molar-refractivity contribution in [2.24, 2.45) is 5.14 Å². The molecular weight excluding hydrogens is 452 g/mol. The van der Waals surface area contributed by atoms with E-state index in [9.17, 15) is 13.2 Å². The first kappa shape index (κ1) is 23.3. The Morgan fingerprint density at radius 2 is 1.82 bits per heavy atom. The minimum absolute atomic E-state index is 0.0813. The highest BCUT2D eigenvalue weighted by atomic mass is 32.2. The standard InChI is InChI=1S/C26H24N2O5S/c1-16(12-24(29)28-19-10-7-11-20(13-19)34(27,30)31)21-14-22-23(18-8-5-4-6-9-18)15-33-26(22)17(2)25(21)32-3/h4-15H,1-3H3,(H,28,29)(H2,27,30,31)/b16-12+. The maximum Gasteiger partial charge on any atom is 0.248 e. The van der Waals surface area contributed by atoms with Crippen molar-refractivity contribution < 1.29 is 22.4 Å². The van der Waals surface area contributed by atoms with Gasteiger partial charge in [-0.3, -0.25) is 4.79 Å². The summed E-state index contributed by atoms with van der Waals surface area (Å²) in [7, 11) is -2.30. The van der Waals surface area contributed by atoms with Crippen LogP contribution in [-0.4, -0.2) is 21.4 Å². The molecule has 7 nitrogen and oxygen atoms in total. The van der Waals surface area contributed by atoms with Crippen molar-refractivity contribution in [3.05, 3.63) is 84.1 Å². The van der Waals surface area contributed by atoms with E-state index < -0.39 is 15.9 Å². The van der Waals surface area contributed by atoms with Crippen LogP contribution in [0, 0.1) is 6.92 Å². The van der Waals surface area contributed by atoms with Crippen LogP contribution in [0.15, 0.2) is 82.3 Å². The van der Waals surface area contributed by atoms with Crippen molar-refractivity contribution in [2.45, 2.75) is 18.7 Å². The lowest BCUT2D eigenvalue weighted by Gasteiger charge is -2.13. The first-order valence-corrected chi connectivity index (χ1v) is 12.0. The van der Waals surface area contributed by atoms with Gasteiger partial charge in [0.2, 0.25) is 15.9 Å². The van der Waals surface area contributed by atoms with Gasteiger partial charge in [-0.15, -0.1) is 0 Å². The summed E-state index contributed by atoms with van der Waals surface area (Å²) in [5, 5.41) is 8.77. The summed E-state index contributed by atoms with van der Waals surface area (Å²) in [6.07, 6.45) is 3.16. The fourth-order valence-corrected chi connectivity index (χ4v) is 4.48. The average Bonchev–Trinajstić information content (AvgIpc) is 3.23. The normalized spacial score (nSPS) is 12.1. The quantitative estimate of drug-likeness (QED) is 0.376. The number of primary sulfonamides is 1. The van der Waals surface area contributed by atoms with E-state index in [0.29, 0.717) is 17.0 Å². The van der Waals surface area contributed by atoms with Crippen molar-refractivity contribution in [1.29, 1.82) is 0 Å². The van der Waals surface area contributed by atoms with Crippen molar-refractivity contribution in [2.75, 3.05) is 12.4 Å². The van der Waals surface area contributed by atoms with Crippen LogP contribution in [0.5, 0.6) is 5.75 Å². The topological polar surface area (TPSA) is 112 Å². The molecule has 1 amide bonds. The lowest BCUT2D eigenvalue weighted by molar-refractivity contribution is -0.111. The highest BCUT2D eigenvalue weighted by Gasteiger charge is 2.19. The molecule has 1 aromatic heterocycles. The Morgan fingerprint density at radius 1 is 1.09 bits per heavy atom. The molecule has 0 atom stereocenters. The smallest absolute Gasteiger partial charge is 0.248 e. The highest BCUT2D eigenvalue weighted by Crippen LogP contribution is 2.40. The number of rotatable bonds is 6. The number of furan rings is 1. The number of carbonyl (C=O) groups is 1. The number of nitrogens with two attached hydrogens (primary N) is 1. The molecule has 0 aliphatic rings. The molecule has 34 heavy (non-hydrogen) atoms. The van der Waals surface area contributed by atoms with Gasteiger partial charge in [0.05, 0.1) is 18.3 Å². The number of benzene rings is 3. The minimum atomic E-state index is -3.88. The molecule has 0 fully saturated rings. The summed E-state index contributed by atoms with van der Waals surface area (Å²) in [6, 6.07) is 17.6. The molecule has 0 aliphatic carbocycles. The summed E-state index contributed by atoms with van der Waals surface area (Å²) in [4.78, 5) is 12.6. The van der Waals surface area contributed by atoms with Gasteiger partial charge in [0, 0.05) is 33.8 Å². The zero-order valence-corrected chi connectivity index (χ0v) is 19.8. The molecule has 4 aromatic rings. The van der Waals surface area contributed by atoms with Crippen LogP contribution in [0.4, 0.5) is 5.69 Å². The third-order valence-electron chi connectivity index (χ3n) is 5.54. The monoisotopic (exact) mass is 476 g/mol. The number of sulfonamides is 1. The molecule has 3 aromatic carbocycles. The molecule has 0 unspecified atom stereocenters. The predicted molar refractivity (Wildman–Crippen MR) is 133 cm³/mol. The van der Waals surface area contributed by atoms with Crippen molar-refractivity contribution in [3.63, 3.8) is 0 Å². The van der Waals surface area contributed by atoms with Crippen LogP contribution >= 0.6 is 0 Å². The Kier molecular flexibility index (Phi) is 6.28. The lowest BCUT2D eigenvalue weighted by atomic mass is 9.96. The Morgan fingerprint density at radius 3 is 2.50 bits per heavy atom. The van der Waals surface area contributed by atoms with Gasteiger partial charge in [-0.1, -0.05) is 36.4 Å². The van der Waals surface area contributed by atoms with E-state index in [1.54, 1.807) is 19.4 Å². The van der Waals surface area contributed by atoms with E-state index in [-0.39, 0.29) is 4.90 Å². The first-order valence-electron chi connectivity index (χ1n) is 10.5. The van der Waals surface area contributed by atoms with Gasteiger partial charge in [-0.25, -0.2) is 13.6 Å². The molecule has 1 heterocycles. The molecular formula is C26H24N2O5S. The molecule has 0 saturated carbocycles. The van der Waals surface area contributed by atoms with Crippen LogP contribution in [-0.2, 0) is 14.8 Å². The molecule has 174 valence electrons. The second-order valence-corrected chi connectivity index (χ2v) is 9.43. The first-order chi connectivity index (χ1) is 16.2. The minimum Gasteiger partial charge on any atom is -0.496 e. The molecule has 0 bridgehead atoms. The average molecular weight is 477 g/mol. The van der Waals surface area contributed by atoms with Gasteiger partial charge in [-0.2, -0.15) is 0 Å². The van der Waals surface area contributed by atoms with Crippen LogP contribution in [0.3, 0.4) is 0 Å². The number of aryl methyl sites for hydroxylation is 1. The van der Waals surface area contributed by atoms with E-state index in [0.717, 1.165) is 33.2 Å². The molecule has 0 aliphatic heterocycles. The van der Waals surface area contributed by atoms with Crippen LogP contribution in [0.25, 0.3) is 27.7 Å². The van der Waals surface area contributed by atoms with Gasteiger partial charge in [0.1, 0.15) is 11.3 Å². The summed E-state index contributed by atoms with van der Waals surface area (Å²) < 4.78 is 34.7. The lowest BCUT2D eigenvalue weighted by Crippen LogP contribution is -2.13. The summed E-state index contributed by atoms with van der Waals surface area (Å²) in [5.74, 6) is 0.193. The fourth-order valence-electron chi connectivity index (χ4n) is 3.92. The zero-order valence-electron chi connectivity index (χ0n) is 19.0. The van der Waals surface area contributed by atoms with Gasteiger partial charge < -0.3 is 14.5 Å². The third kappa shape index (κ3) is 4.59. The van der Waals surface area contributed by atoms with E-state index >= 15 is 0 Å². The second kappa shape index (κ2) is 9.17. The van der Waals surface area contributed by atoms with Gasteiger partial charge in [0.15, 0.2) is 0 Å². The van der Waals surface area contributed by atoms with E-state index in [1.807, 2.05) is 50.2 Å². The highest BCUT2D eigenvalue weighted by molar-refractivity contribution is 7.89. The van der Waals surface area contributed by atoms with E-state index in [2.05, 4.69) is 5.32 Å². The molecule has 4 rings (SSSR count). The number of methoxy groups -OCH3 is 1. The molecule has 0 saturated heterocycles. The zero-order chi connectivity index (χ0) is 24.5. The Labute approximate surface area is 197 Å². The van der Waals surface area contributed by atoms with E-state index in [1.165, 1.54) is 24.3 Å². The van der Waals surface area contributed by atoms with E-state index in [4.69, 9.17) is 14.3 Å². The molecule has 8 heteroatoms. The predicted octanol–water partition coefficient (Wildman–Crippen LogP) is 5.11. The number of fused-ring (bicyclic) bond motifs is 1. The van der Waals surface area contributed by atoms with Crippen LogP contribution in [0.2, 0.25) is 0 Å². The second-order valence-electron chi connectivity index (χ2n) is 7.86. The molecule has 0 radical (unpaired) electrons. The number of hydrogen-bond acceptors (Lipinski definition) is 5. The summed E-state index contributed by atoms with van der Waals surface area (Å²) in [5.41, 5.74) is 5.25. The number of anilines is 1. The number of carbonyl (C=O) groups excluding carboxylic acids is 1. The third-order valence-corrected chi connectivity index (χ3v) is 6.45. The Balaban J connectivity index is 1.73. The number of allylic oxidation sites excluding steroid dienone is 1. The fraction of sp³-hybridized carbons (Fsp3) is 0.115. The number of nitrogens with one attached hydrogen (secondary N) is 1. The summed E-state index contributed by atoms with van der Waals surface area (Å²) >= 11 is 0. The molecule has 3 N–H and O–H groups in total. The number of ether oxygens (including phenoxy) is 1. The molecule has 0 spiro atoms. The maximum atomic E-state index is 12.7.